The highest BCUT2D eigenvalue weighted by Crippen LogP contribution is 2.23. The smallest absolute Gasteiger partial charge is 0.129 e. The van der Waals surface area contributed by atoms with Crippen LogP contribution in [0.2, 0.25) is 0 Å². The van der Waals surface area contributed by atoms with Gasteiger partial charge < -0.3 is 0 Å². The molecule has 1 aromatic carbocycles. The van der Waals surface area contributed by atoms with E-state index in [4.69, 9.17) is 5.26 Å². The van der Waals surface area contributed by atoms with E-state index in [9.17, 15) is 0 Å². The van der Waals surface area contributed by atoms with Crippen LogP contribution in [0.1, 0.15) is 17.0 Å². The van der Waals surface area contributed by atoms with Crippen molar-refractivity contribution in [1.82, 2.24) is 10.2 Å². The van der Waals surface area contributed by atoms with Crippen LogP contribution in [0.15, 0.2) is 34.5 Å². The zero-order valence-corrected chi connectivity index (χ0v) is 9.60. The molecule has 0 aliphatic heterocycles. The van der Waals surface area contributed by atoms with Crippen LogP contribution in [0, 0.1) is 25.2 Å². The quantitative estimate of drug-likeness (QED) is 0.796. The first kappa shape index (κ1) is 11.0. The maximum absolute atomic E-state index is 8.66. The highest BCUT2D eigenvalue weighted by atomic mass is 15.2. The number of hydrogen-bond donors (Lipinski definition) is 1. The van der Waals surface area contributed by atoms with Crippen LogP contribution in [0.25, 0.3) is 0 Å². The molecule has 0 aliphatic rings. The first-order chi connectivity index (χ1) is 8.20. The summed E-state index contributed by atoms with van der Waals surface area (Å²) >= 11 is 0. The minimum absolute atomic E-state index is 0.611. The van der Waals surface area contributed by atoms with E-state index in [2.05, 4.69) is 26.5 Å². The monoisotopic (exact) mass is 225 g/mol. The van der Waals surface area contributed by atoms with Crippen LogP contribution >= 0.6 is 0 Å². The molecule has 2 aromatic rings. The second kappa shape index (κ2) is 4.58. The number of nitrogens with one attached hydrogen (secondary N) is 1. The van der Waals surface area contributed by atoms with Gasteiger partial charge in [0, 0.05) is 0 Å². The second-order valence-electron chi connectivity index (χ2n) is 3.64. The number of hydrogen-bond acceptors (Lipinski definition) is 4. The van der Waals surface area contributed by atoms with E-state index < -0.39 is 0 Å². The van der Waals surface area contributed by atoms with Gasteiger partial charge >= 0.3 is 0 Å². The standard InChI is InChI=1S/C12H11N5/c1-8-12(9(2)15-14-8)17-16-11-5-3-10(7-13)4-6-11/h3-6H,1-2H3,(H,14,15). The summed E-state index contributed by atoms with van der Waals surface area (Å²) in [4.78, 5) is 0. The van der Waals surface area contributed by atoms with Crippen molar-refractivity contribution in [2.45, 2.75) is 13.8 Å². The molecule has 0 radical (unpaired) electrons. The number of nitrogens with zero attached hydrogens (tertiary/aromatic N) is 4. The molecule has 0 fully saturated rings. The Morgan fingerprint density at radius 1 is 1.18 bits per heavy atom. The predicted octanol–water partition coefficient (Wildman–Crippen LogP) is 3.31. The van der Waals surface area contributed by atoms with Crippen molar-refractivity contribution in [3.05, 3.63) is 41.2 Å². The van der Waals surface area contributed by atoms with Crippen molar-refractivity contribution in [2.24, 2.45) is 10.2 Å². The number of aryl methyl sites for hydroxylation is 2. The van der Waals surface area contributed by atoms with Crippen molar-refractivity contribution >= 4 is 11.4 Å². The van der Waals surface area contributed by atoms with Crippen molar-refractivity contribution < 1.29 is 0 Å². The first-order valence-corrected chi connectivity index (χ1v) is 5.14. The third kappa shape index (κ3) is 2.37. The lowest BCUT2D eigenvalue weighted by Gasteiger charge is -1.93. The van der Waals surface area contributed by atoms with Crippen LogP contribution < -0.4 is 0 Å². The summed E-state index contributed by atoms with van der Waals surface area (Å²) < 4.78 is 0. The molecule has 0 aliphatic carbocycles. The fourth-order valence-corrected chi connectivity index (χ4v) is 1.40. The molecule has 5 nitrogen and oxygen atoms in total. The molecule has 0 amide bonds. The topological polar surface area (TPSA) is 77.2 Å². The van der Waals surface area contributed by atoms with Crippen LogP contribution in [0.4, 0.5) is 11.4 Å². The number of aromatic nitrogens is 2. The van der Waals surface area contributed by atoms with Crippen molar-refractivity contribution in [3.63, 3.8) is 0 Å². The van der Waals surface area contributed by atoms with E-state index in [1.54, 1.807) is 24.3 Å². The largest absolute Gasteiger partial charge is 0.280 e. The summed E-state index contributed by atoms with van der Waals surface area (Å²) in [6, 6.07) is 8.99. The molecule has 0 spiro atoms. The Bertz CT molecular complexity index is 567. The molecule has 5 heteroatoms. The van der Waals surface area contributed by atoms with Crippen molar-refractivity contribution in [1.29, 1.82) is 5.26 Å². The van der Waals surface area contributed by atoms with Gasteiger partial charge in [-0.2, -0.15) is 15.5 Å². The van der Waals surface area contributed by atoms with E-state index in [1.165, 1.54) is 0 Å². The minimum Gasteiger partial charge on any atom is -0.280 e. The Balaban J connectivity index is 2.24. The Morgan fingerprint density at radius 2 is 1.88 bits per heavy atom. The second-order valence-corrected chi connectivity index (χ2v) is 3.64. The SMILES string of the molecule is Cc1n[nH]c(C)c1N=Nc1ccc(C#N)cc1. The molecular weight excluding hydrogens is 214 g/mol. The van der Waals surface area contributed by atoms with Gasteiger partial charge in [-0.1, -0.05) is 0 Å². The van der Waals surface area contributed by atoms with E-state index in [1.807, 2.05) is 13.8 Å². The zero-order chi connectivity index (χ0) is 12.3. The lowest BCUT2D eigenvalue weighted by atomic mass is 10.2. The maximum Gasteiger partial charge on any atom is 0.129 e. The molecule has 1 heterocycles. The van der Waals surface area contributed by atoms with Crippen molar-refractivity contribution in [2.75, 3.05) is 0 Å². The molecule has 0 atom stereocenters. The zero-order valence-electron chi connectivity index (χ0n) is 9.60. The van der Waals surface area contributed by atoms with Gasteiger partial charge in [0.2, 0.25) is 0 Å². The summed E-state index contributed by atoms with van der Waals surface area (Å²) in [5.74, 6) is 0. The highest BCUT2D eigenvalue weighted by molar-refractivity contribution is 5.47. The Morgan fingerprint density at radius 3 is 2.41 bits per heavy atom. The van der Waals surface area contributed by atoms with E-state index in [0.717, 1.165) is 17.1 Å². The summed E-state index contributed by atoms with van der Waals surface area (Å²) in [6.07, 6.45) is 0. The Kier molecular flexibility index (Phi) is 2.97. The summed E-state index contributed by atoms with van der Waals surface area (Å²) in [6.45, 7) is 3.77. The van der Waals surface area contributed by atoms with Gasteiger partial charge in [-0.15, -0.1) is 5.11 Å². The van der Waals surface area contributed by atoms with E-state index >= 15 is 0 Å². The summed E-state index contributed by atoms with van der Waals surface area (Å²) in [5, 5.41) is 23.8. The van der Waals surface area contributed by atoms with Gasteiger partial charge in [0.1, 0.15) is 5.69 Å². The molecule has 0 unspecified atom stereocenters. The Labute approximate surface area is 98.8 Å². The third-order valence-corrected chi connectivity index (χ3v) is 2.35. The fourth-order valence-electron chi connectivity index (χ4n) is 1.40. The molecular formula is C12H11N5. The van der Waals surface area contributed by atoms with Gasteiger partial charge in [-0.3, -0.25) is 5.10 Å². The lowest BCUT2D eigenvalue weighted by molar-refractivity contribution is 1.02. The first-order valence-electron chi connectivity index (χ1n) is 5.14. The number of nitriles is 1. The molecule has 17 heavy (non-hydrogen) atoms. The van der Waals surface area contributed by atoms with Crippen LogP contribution in [-0.2, 0) is 0 Å². The maximum atomic E-state index is 8.66. The number of rotatable bonds is 2. The molecule has 0 saturated heterocycles. The van der Waals surface area contributed by atoms with Gasteiger partial charge in [-0.05, 0) is 38.1 Å². The average molecular weight is 225 g/mol. The summed E-state index contributed by atoms with van der Waals surface area (Å²) in [5.41, 5.74) is 3.79. The van der Waals surface area contributed by atoms with Crippen molar-refractivity contribution in [3.8, 4) is 6.07 Å². The molecule has 0 saturated carbocycles. The van der Waals surface area contributed by atoms with Crippen LogP contribution in [-0.4, -0.2) is 10.2 Å². The summed E-state index contributed by atoms with van der Waals surface area (Å²) in [7, 11) is 0. The highest BCUT2D eigenvalue weighted by Gasteiger charge is 2.04. The number of azo groups is 1. The molecule has 1 aromatic heterocycles. The van der Waals surface area contributed by atoms with Gasteiger partial charge in [-0.25, -0.2) is 0 Å². The van der Waals surface area contributed by atoms with Gasteiger partial charge in [0.05, 0.1) is 28.7 Å². The third-order valence-electron chi connectivity index (χ3n) is 2.35. The Hall–Kier alpha value is -2.48. The molecule has 2 rings (SSSR count). The lowest BCUT2D eigenvalue weighted by Crippen LogP contribution is -1.71. The fraction of sp³-hybridized carbons (Fsp3) is 0.167. The predicted molar refractivity (Wildman–Crippen MR) is 63.4 cm³/mol. The number of aromatic amines is 1. The minimum atomic E-state index is 0.611. The normalized spacial score (nSPS) is 10.6. The van der Waals surface area contributed by atoms with E-state index in [0.29, 0.717) is 11.3 Å². The molecule has 0 bridgehead atoms. The van der Waals surface area contributed by atoms with E-state index in [-0.39, 0.29) is 0 Å². The number of H-pyrrole nitrogens is 1. The van der Waals surface area contributed by atoms with Gasteiger partial charge in [0.15, 0.2) is 0 Å². The van der Waals surface area contributed by atoms with Gasteiger partial charge in [0.25, 0.3) is 0 Å². The van der Waals surface area contributed by atoms with Crippen LogP contribution in [0.3, 0.4) is 0 Å². The average Bonchev–Trinajstić information content (AvgIpc) is 2.67. The van der Waals surface area contributed by atoms with Crippen LogP contribution in [0.5, 0.6) is 0 Å². The molecule has 1 N–H and O–H groups in total. The molecule has 84 valence electrons. The number of benzene rings is 1.